The minimum atomic E-state index is -0.358. The van der Waals surface area contributed by atoms with E-state index in [9.17, 15) is 4.79 Å². The maximum absolute atomic E-state index is 11.5. The topological polar surface area (TPSA) is 60.5 Å². The van der Waals surface area contributed by atoms with E-state index in [2.05, 4.69) is 10.5 Å². The molecule has 0 saturated heterocycles. The minimum absolute atomic E-state index is 0.280. The van der Waals surface area contributed by atoms with E-state index in [1.165, 1.54) is 6.07 Å². The van der Waals surface area contributed by atoms with Gasteiger partial charge in [-0.1, -0.05) is 11.6 Å². The van der Waals surface area contributed by atoms with Crippen LogP contribution in [0.5, 0.6) is 0 Å². The average Bonchev–Trinajstić information content (AvgIpc) is 2.22. The summed E-state index contributed by atoms with van der Waals surface area (Å²) in [5.41, 5.74) is 3.37. The fourth-order valence-electron chi connectivity index (χ4n) is 1.06. The number of methoxy groups -OCH3 is 1. The third-order valence-electron chi connectivity index (χ3n) is 1.74. The number of hydroxylamine groups is 1. The Morgan fingerprint density at radius 1 is 1.50 bits per heavy atom. The van der Waals surface area contributed by atoms with E-state index in [1.807, 2.05) is 0 Å². The molecular formula is C10H13ClN2O3. The predicted octanol–water partition coefficient (Wildman–Crippen LogP) is 1.35. The zero-order chi connectivity index (χ0) is 12.0. The van der Waals surface area contributed by atoms with Crippen molar-refractivity contribution in [3.05, 3.63) is 28.5 Å². The Morgan fingerprint density at radius 2 is 2.25 bits per heavy atom. The molecule has 0 radical (unpaired) electrons. The average molecular weight is 245 g/mol. The Kier molecular flexibility index (Phi) is 5.18. The largest absolute Gasteiger partial charge is 0.382 e. The molecule has 1 N–H and O–H groups in total. The van der Waals surface area contributed by atoms with Crippen LogP contribution in [0.15, 0.2) is 12.1 Å². The zero-order valence-corrected chi connectivity index (χ0v) is 9.87. The third kappa shape index (κ3) is 4.14. The molecule has 88 valence electrons. The number of ether oxygens (including phenoxy) is 1. The molecular weight excluding hydrogens is 232 g/mol. The van der Waals surface area contributed by atoms with Crippen molar-refractivity contribution in [1.82, 2.24) is 10.5 Å². The highest BCUT2D eigenvalue weighted by Crippen LogP contribution is 2.10. The van der Waals surface area contributed by atoms with Crippen molar-refractivity contribution in [2.75, 3.05) is 20.3 Å². The van der Waals surface area contributed by atoms with E-state index in [-0.39, 0.29) is 11.1 Å². The van der Waals surface area contributed by atoms with Crippen LogP contribution >= 0.6 is 11.6 Å². The standard InChI is InChI=1S/C10H13ClN2O3/c1-7-5-8(6-9(11)12-7)10(14)13-16-4-3-15-2/h5-6H,3-4H2,1-2H3,(H,13,14). The number of rotatable bonds is 5. The fourth-order valence-corrected chi connectivity index (χ4v) is 1.31. The van der Waals surface area contributed by atoms with Gasteiger partial charge in [0.25, 0.3) is 5.91 Å². The van der Waals surface area contributed by atoms with Gasteiger partial charge in [-0.15, -0.1) is 0 Å². The molecule has 1 aromatic rings. The monoisotopic (exact) mass is 244 g/mol. The van der Waals surface area contributed by atoms with Gasteiger partial charge in [0.2, 0.25) is 0 Å². The first-order valence-electron chi connectivity index (χ1n) is 4.68. The van der Waals surface area contributed by atoms with Gasteiger partial charge in [-0.05, 0) is 19.1 Å². The van der Waals surface area contributed by atoms with Gasteiger partial charge in [0.1, 0.15) is 5.15 Å². The van der Waals surface area contributed by atoms with Gasteiger partial charge >= 0.3 is 0 Å². The second-order valence-electron chi connectivity index (χ2n) is 3.09. The van der Waals surface area contributed by atoms with Crippen LogP contribution in [-0.4, -0.2) is 31.2 Å². The van der Waals surface area contributed by atoms with Crippen molar-refractivity contribution in [2.45, 2.75) is 6.92 Å². The first-order chi connectivity index (χ1) is 7.63. The summed E-state index contributed by atoms with van der Waals surface area (Å²) in [6.07, 6.45) is 0. The van der Waals surface area contributed by atoms with Gasteiger partial charge in [-0.25, -0.2) is 10.5 Å². The molecule has 1 heterocycles. The summed E-state index contributed by atoms with van der Waals surface area (Å²) in [6, 6.07) is 3.10. The Morgan fingerprint density at radius 3 is 2.88 bits per heavy atom. The number of hydrogen-bond acceptors (Lipinski definition) is 4. The SMILES string of the molecule is COCCONC(=O)c1cc(C)nc(Cl)c1. The third-order valence-corrected chi connectivity index (χ3v) is 1.93. The Hall–Kier alpha value is -1.17. The highest BCUT2D eigenvalue weighted by molar-refractivity contribution is 6.29. The van der Waals surface area contributed by atoms with Gasteiger partial charge < -0.3 is 4.74 Å². The predicted molar refractivity (Wildman–Crippen MR) is 59.3 cm³/mol. The number of carbonyl (C=O) groups is 1. The van der Waals surface area contributed by atoms with Crippen LogP contribution < -0.4 is 5.48 Å². The van der Waals surface area contributed by atoms with Crippen molar-refractivity contribution in [3.63, 3.8) is 0 Å². The van der Waals surface area contributed by atoms with E-state index in [4.69, 9.17) is 21.2 Å². The van der Waals surface area contributed by atoms with Gasteiger partial charge in [-0.3, -0.25) is 9.63 Å². The molecule has 0 aliphatic rings. The molecule has 1 aromatic heterocycles. The molecule has 0 unspecified atom stereocenters. The maximum Gasteiger partial charge on any atom is 0.275 e. The number of nitrogens with zero attached hydrogens (tertiary/aromatic N) is 1. The summed E-state index contributed by atoms with van der Waals surface area (Å²) < 4.78 is 4.76. The van der Waals surface area contributed by atoms with Crippen molar-refractivity contribution in [3.8, 4) is 0 Å². The molecule has 0 atom stereocenters. The van der Waals surface area contributed by atoms with Gasteiger partial charge in [-0.2, -0.15) is 0 Å². The molecule has 1 amide bonds. The molecule has 16 heavy (non-hydrogen) atoms. The number of amides is 1. The maximum atomic E-state index is 11.5. The van der Waals surface area contributed by atoms with Crippen LogP contribution in [0.1, 0.15) is 16.1 Å². The molecule has 0 fully saturated rings. The Bertz CT molecular complexity index is 351. The first kappa shape index (κ1) is 12.9. The van der Waals surface area contributed by atoms with Gasteiger partial charge in [0.05, 0.1) is 13.2 Å². The molecule has 0 aliphatic heterocycles. The van der Waals surface area contributed by atoms with E-state index in [0.717, 1.165) is 0 Å². The normalized spacial score (nSPS) is 10.2. The van der Waals surface area contributed by atoms with Crippen molar-refractivity contribution >= 4 is 17.5 Å². The number of aryl methyl sites for hydroxylation is 1. The molecule has 0 aliphatic carbocycles. The van der Waals surface area contributed by atoms with E-state index < -0.39 is 0 Å². The molecule has 5 nitrogen and oxygen atoms in total. The van der Waals surface area contributed by atoms with Crippen LogP contribution in [0.3, 0.4) is 0 Å². The lowest BCUT2D eigenvalue weighted by Gasteiger charge is -2.06. The summed E-state index contributed by atoms with van der Waals surface area (Å²) in [4.78, 5) is 20.4. The molecule has 6 heteroatoms. The van der Waals surface area contributed by atoms with Crippen LogP contribution in [0.4, 0.5) is 0 Å². The first-order valence-corrected chi connectivity index (χ1v) is 5.06. The van der Waals surface area contributed by atoms with Crippen molar-refractivity contribution in [1.29, 1.82) is 0 Å². The number of hydrogen-bond donors (Lipinski definition) is 1. The second kappa shape index (κ2) is 6.42. The van der Waals surface area contributed by atoms with E-state index in [1.54, 1.807) is 20.1 Å². The van der Waals surface area contributed by atoms with Gasteiger partial charge in [0.15, 0.2) is 0 Å². The Labute approximate surface area is 98.7 Å². The smallest absolute Gasteiger partial charge is 0.275 e. The fraction of sp³-hybridized carbons (Fsp3) is 0.400. The quantitative estimate of drug-likeness (QED) is 0.483. The van der Waals surface area contributed by atoms with Crippen molar-refractivity contribution < 1.29 is 14.4 Å². The lowest BCUT2D eigenvalue weighted by atomic mass is 10.2. The number of nitrogens with one attached hydrogen (secondary N) is 1. The lowest BCUT2D eigenvalue weighted by Crippen LogP contribution is -2.25. The molecule has 0 bridgehead atoms. The summed E-state index contributed by atoms with van der Waals surface area (Å²) >= 11 is 5.73. The number of carbonyl (C=O) groups excluding carboxylic acids is 1. The number of pyridine rings is 1. The zero-order valence-electron chi connectivity index (χ0n) is 9.12. The summed E-state index contributed by atoms with van der Waals surface area (Å²) in [5.74, 6) is -0.358. The molecule has 0 saturated carbocycles. The second-order valence-corrected chi connectivity index (χ2v) is 3.48. The van der Waals surface area contributed by atoms with E-state index >= 15 is 0 Å². The van der Waals surface area contributed by atoms with Gasteiger partial charge in [0, 0.05) is 18.4 Å². The number of aromatic nitrogens is 1. The van der Waals surface area contributed by atoms with Crippen LogP contribution in [-0.2, 0) is 9.57 Å². The highest BCUT2D eigenvalue weighted by Gasteiger charge is 2.07. The minimum Gasteiger partial charge on any atom is -0.382 e. The summed E-state index contributed by atoms with van der Waals surface area (Å²) in [6.45, 7) is 2.46. The summed E-state index contributed by atoms with van der Waals surface area (Å²) in [5, 5.41) is 0.280. The van der Waals surface area contributed by atoms with E-state index in [0.29, 0.717) is 24.5 Å². The number of halogens is 1. The lowest BCUT2D eigenvalue weighted by molar-refractivity contribution is 0.00888. The van der Waals surface area contributed by atoms with Crippen molar-refractivity contribution in [2.24, 2.45) is 0 Å². The Balaban J connectivity index is 2.52. The molecule has 1 rings (SSSR count). The van der Waals surface area contributed by atoms with Crippen LogP contribution in [0.2, 0.25) is 5.15 Å². The highest BCUT2D eigenvalue weighted by atomic mass is 35.5. The molecule has 0 aromatic carbocycles. The van der Waals surface area contributed by atoms with Crippen LogP contribution in [0, 0.1) is 6.92 Å². The van der Waals surface area contributed by atoms with Crippen LogP contribution in [0.25, 0.3) is 0 Å². The summed E-state index contributed by atoms with van der Waals surface area (Å²) in [7, 11) is 1.55. The molecule has 0 spiro atoms.